The highest BCUT2D eigenvalue weighted by atomic mass is 19.1. The maximum Gasteiger partial charge on any atom is 0.218 e. The molecule has 5 rings (SSSR count). The fourth-order valence-electron chi connectivity index (χ4n) is 5.34. The second-order valence-electron chi connectivity index (χ2n) is 10.5. The molecule has 188 valence electrons. The lowest BCUT2D eigenvalue weighted by atomic mass is 9.73. The minimum Gasteiger partial charge on any atom is -0.471 e. The average molecular weight is 486 g/mol. The molecule has 2 aliphatic carbocycles. The molecule has 1 aromatic carbocycles. The third kappa shape index (κ3) is 5.81. The number of pyridine rings is 1. The predicted molar refractivity (Wildman–Crippen MR) is 127 cm³/mol. The molecule has 1 aromatic heterocycles. The van der Waals surface area contributed by atoms with Crippen LogP contribution >= 0.6 is 0 Å². The Balaban J connectivity index is 1.30. The largest absolute Gasteiger partial charge is 0.471 e. The Morgan fingerprint density at radius 1 is 1.20 bits per heavy atom. The number of aliphatic hydroxyl groups excluding tert-OH is 1. The summed E-state index contributed by atoms with van der Waals surface area (Å²) in [5.74, 6) is -0.279. The van der Waals surface area contributed by atoms with E-state index in [1.54, 1.807) is 0 Å². The molecule has 2 saturated carbocycles. The quantitative estimate of drug-likeness (QED) is 0.504. The first-order valence-corrected chi connectivity index (χ1v) is 12.6. The van der Waals surface area contributed by atoms with E-state index in [2.05, 4.69) is 21.7 Å². The molecule has 3 N–H and O–H groups in total. The summed E-state index contributed by atoms with van der Waals surface area (Å²) >= 11 is 0. The van der Waals surface area contributed by atoms with Gasteiger partial charge in [-0.15, -0.1) is 0 Å². The number of hydrogen-bond acceptors (Lipinski definition) is 5. The van der Waals surface area contributed by atoms with Crippen LogP contribution in [0.5, 0.6) is 5.88 Å². The van der Waals surface area contributed by atoms with Gasteiger partial charge in [0.2, 0.25) is 11.8 Å². The summed E-state index contributed by atoms with van der Waals surface area (Å²) in [6, 6.07) is 4.69. The number of benzene rings is 1. The molecule has 0 bridgehead atoms. The summed E-state index contributed by atoms with van der Waals surface area (Å²) in [5, 5.41) is 17.2. The molecule has 1 aliphatic heterocycles. The van der Waals surface area contributed by atoms with Gasteiger partial charge in [-0.2, -0.15) is 0 Å². The van der Waals surface area contributed by atoms with E-state index in [4.69, 9.17) is 4.74 Å². The van der Waals surface area contributed by atoms with Gasteiger partial charge < -0.3 is 20.5 Å². The van der Waals surface area contributed by atoms with Crippen molar-refractivity contribution >= 4 is 5.91 Å². The number of carbonyl (C=O) groups excluding carboxylic acids is 1. The number of amides is 1. The van der Waals surface area contributed by atoms with Crippen molar-refractivity contribution in [2.75, 3.05) is 6.54 Å². The van der Waals surface area contributed by atoms with E-state index in [-0.39, 0.29) is 30.5 Å². The standard InChI is InChI=1S/C27H33F2N3O3/c1-16(33)32-23(11-18-8-20(28)12-21(29)9-18)25(34)15-30-24-13-27(5-2-6-27)35-26-22(24)10-19(14-31-26)7-17-3-4-17/h8-10,12,14,17,23-25,30,34H,2-7,11,13,15H2,1H3,(H,32,33)/t23-,24-,25+/m0/s1. The highest BCUT2D eigenvalue weighted by Crippen LogP contribution is 2.48. The number of fused-ring (bicyclic) bond motifs is 1. The molecule has 2 heterocycles. The van der Waals surface area contributed by atoms with Crippen molar-refractivity contribution in [1.29, 1.82) is 0 Å². The number of aromatic nitrogens is 1. The van der Waals surface area contributed by atoms with Gasteiger partial charge in [0.1, 0.15) is 17.2 Å². The van der Waals surface area contributed by atoms with Crippen LogP contribution in [0.2, 0.25) is 0 Å². The van der Waals surface area contributed by atoms with Crippen molar-refractivity contribution in [2.24, 2.45) is 5.92 Å². The van der Waals surface area contributed by atoms with Crippen LogP contribution in [0, 0.1) is 17.6 Å². The van der Waals surface area contributed by atoms with Crippen LogP contribution < -0.4 is 15.4 Å². The van der Waals surface area contributed by atoms with Crippen molar-refractivity contribution < 1.29 is 23.4 Å². The second kappa shape index (κ2) is 9.82. The number of rotatable bonds is 9. The summed E-state index contributed by atoms with van der Waals surface area (Å²) in [5.41, 5.74) is 2.38. The minimum absolute atomic E-state index is 0.0371. The molecular formula is C27H33F2N3O3. The molecule has 35 heavy (non-hydrogen) atoms. The molecule has 2 aromatic rings. The minimum atomic E-state index is -0.962. The zero-order valence-corrected chi connectivity index (χ0v) is 20.0. The molecule has 0 saturated heterocycles. The summed E-state index contributed by atoms with van der Waals surface area (Å²) in [6.07, 6.45) is 8.52. The van der Waals surface area contributed by atoms with Crippen molar-refractivity contribution in [3.63, 3.8) is 0 Å². The van der Waals surface area contributed by atoms with Gasteiger partial charge in [-0.1, -0.05) is 0 Å². The van der Waals surface area contributed by atoms with E-state index in [1.165, 1.54) is 37.5 Å². The van der Waals surface area contributed by atoms with Crippen molar-refractivity contribution in [3.05, 3.63) is 58.8 Å². The SMILES string of the molecule is CC(=O)N[C@@H](Cc1cc(F)cc(F)c1)[C@H](O)CN[C@H]1CC2(CCC2)Oc2ncc(CC3CC3)cc21. The highest BCUT2D eigenvalue weighted by molar-refractivity contribution is 5.73. The molecule has 3 atom stereocenters. The van der Waals surface area contributed by atoms with Gasteiger partial charge in [0.15, 0.2) is 0 Å². The molecule has 8 heteroatoms. The number of aliphatic hydroxyl groups is 1. The Bertz CT molecular complexity index is 1070. The lowest BCUT2D eigenvalue weighted by molar-refractivity contribution is -0.120. The Kier molecular flexibility index (Phi) is 6.77. The molecule has 6 nitrogen and oxygen atoms in total. The topological polar surface area (TPSA) is 83.5 Å². The lowest BCUT2D eigenvalue weighted by Gasteiger charge is -2.47. The first kappa shape index (κ1) is 24.1. The van der Waals surface area contributed by atoms with Crippen molar-refractivity contribution in [3.8, 4) is 5.88 Å². The van der Waals surface area contributed by atoms with E-state index in [0.29, 0.717) is 11.4 Å². The van der Waals surface area contributed by atoms with E-state index in [0.717, 1.165) is 49.7 Å². The van der Waals surface area contributed by atoms with Crippen LogP contribution in [0.4, 0.5) is 8.78 Å². The van der Waals surface area contributed by atoms with E-state index < -0.39 is 23.8 Å². The van der Waals surface area contributed by atoms with Crippen LogP contribution in [0.1, 0.15) is 68.2 Å². The number of ether oxygens (including phenoxy) is 1. The number of halogens is 2. The zero-order valence-electron chi connectivity index (χ0n) is 20.0. The molecule has 0 radical (unpaired) electrons. The average Bonchev–Trinajstić information content (AvgIpc) is 3.58. The third-order valence-corrected chi connectivity index (χ3v) is 7.49. The van der Waals surface area contributed by atoms with E-state index in [9.17, 15) is 18.7 Å². The summed E-state index contributed by atoms with van der Waals surface area (Å²) in [4.78, 5) is 16.4. The maximum atomic E-state index is 13.7. The lowest BCUT2D eigenvalue weighted by Crippen LogP contribution is -2.52. The van der Waals surface area contributed by atoms with Gasteiger partial charge in [0.25, 0.3) is 0 Å². The normalized spacial score (nSPS) is 22.0. The Morgan fingerprint density at radius 2 is 1.94 bits per heavy atom. The Labute approximate surface area is 204 Å². The zero-order chi connectivity index (χ0) is 24.6. The fourth-order valence-corrected chi connectivity index (χ4v) is 5.34. The monoisotopic (exact) mass is 485 g/mol. The highest BCUT2D eigenvalue weighted by Gasteiger charge is 2.46. The molecule has 2 fully saturated rings. The van der Waals surface area contributed by atoms with Gasteiger partial charge >= 0.3 is 0 Å². The first-order valence-electron chi connectivity index (χ1n) is 12.6. The third-order valence-electron chi connectivity index (χ3n) is 7.49. The van der Waals surface area contributed by atoms with Crippen LogP contribution in [0.25, 0.3) is 0 Å². The summed E-state index contributed by atoms with van der Waals surface area (Å²) in [7, 11) is 0. The van der Waals surface area contributed by atoms with Gasteiger partial charge in [0.05, 0.1) is 12.1 Å². The molecular weight excluding hydrogens is 452 g/mol. The fraction of sp³-hybridized carbons (Fsp3) is 0.556. The molecule has 1 amide bonds. The summed E-state index contributed by atoms with van der Waals surface area (Å²) in [6.45, 7) is 1.57. The first-order chi connectivity index (χ1) is 16.8. The van der Waals surface area contributed by atoms with Crippen LogP contribution in [0.3, 0.4) is 0 Å². The number of hydrogen-bond donors (Lipinski definition) is 3. The number of nitrogens with zero attached hydrogens (tertiary/aromatic N) is 1. The van der Waals surface area contributed by atoms with Gasteiger partial charge in [-0.3, -0.25) is 4.79 Å². The molecule has 0 unspecified atom stereocenters. The van der Waals surface area contributed by atoms with Gasteiger partial charge in [0, 0.05) is 43.8 Å². The van der Waals surface area contributed by atoms with E-state index in [1.807, 2.05) is 6.20 Å². The Morgan fingerprint density at radius 3 is 2.57 bits per heavy atom. The van der Waals surface area contributed by atoms with E-state index >= 15 is 0 Å². The van der Waals surface area contributed by atoms with Gasteiger partial charge in [-0.05, 0) is 80.2 Å². The van der Waals surface area contributed by atoms with Crippen LogP contribution in [-0.2, 0) is 17.6 Å². The van der Waals surface area contributed by atoms with Crippen LogP contribution in [0.15, 0.2) is 30.5 Å². The van der Waals surface area contributed by atoms with Gasteiger partial charge in [-0.25, -0.2) is 13.8 Å². The molecule has 3 aliphatic rings. The van der Waals surface area contributed by atoms with Crippen molar-refractivity contribution in [2.45, 2.75) is 82.1 Å². The number of nitrogens with one attached hydrogen (secondary N) is 2. The van der Waals surface area contributed by atoms with Crippen LogP contribution in [-0.4, -0.2) is 40.3 Å². The van der Waals surface area contributed by atoms with Crippen molar-refractivity contribution in [1.82, 2.24) is 15.6 Å². The Hall–Kier alpha value is -2.58. The number of carbonyl (C=O) groups is 1. The maximum absolute atomic E-state index is 13.7. The predicted octanol–water partition coefficient (Wildman–Crippen LogP) is 3.76. The summed E-state index contributed by atoms with van der Waals surface area (Å²) < 4.78 is 33.7. The second-order valence-corrected chi connectivity index (χ2v) is 10.5. The molecule has 1 spiro atoms. The smallest absolute Gasteiger partial charge is 0.218 e.